The normalized spacial score (nSPS) is 21.9. The third-order valence-corrected chi connectivity index (χ3v) is 12.4. The molecule has 56 heavy (non-hydrogen) atoms. The van der Waals surface area contributed by atoms with Gasteiger partial charge < -0.3 is 43.7 Å². The molecule has 286 valence electrons. The molecule has 0 fully saturated rings. The first kappa shape index (κ1) is 34.4. The van der Waals surface area contributed by atoms with Crippen LogP contribution in [-0.2, 0) is 23.7 Å². The third kappa shape index (κ3) is 4.51. The van der Waals surface area contributed by atoms with Gasteiger partial charge in [0.05, 0.1) is 18.8 Å². The first-order chi connectivity index (χ1) is 27.0. The van der Waals surface area contributed by atoms with E-state index in [1.165, 1.54) is 0 Å². The number of anilines is 1. The van der Waals surface area contributed by atoms with Gasteiger partial charge in [0.1, 0.15) is 23.0 Å². The summed E-state index contributed by atoms with van der Waals surface area (Å²) < 4.78 is 28.6. The van der Waals surface area contributed by atoms with Crippen LogP contribution in [0.2, 0.25) is 0 Å². The van der Waals surface area contributed by atoms with Crippen LogP contribution in [0.4, 0.5) is 5.69 Å². The Morgan fingerprint density at radius 3 is 2.68 bits per heavy atom. The second kappa shape index (κ2) is 12.0. The number of aliphatic hydroxyl groups excluding tert-OH is 1. The monoisotopic (exact) mass is 755 g/mol. The van der Waals surface area contributed by atoms with Crippen LogP contribution in [0.1, 0.15) is 74.9 Å². The van der Waals surface area contributed by atoms with Crippen molar-refractivity contribution >= 4 is 28.4 Å². The predicted molar refractivity (Wildman–Crippen MR) is 208 cm³/mol. The molecule has 1 spiro atoms. The molecule has 13 heteroatoms. The summed E-state index contributed by atoms with van der Waals surface area (Å²) in [6, 6.07) is 14.6. The lowest BCUT2D eigenvalue weighted by molar-refractivity contribution is -0.501. The van der Waals surface area contributed by atoms with Crippen molar-refractivity contribution in [2.75, 3.05) is 12.4 Å². The predicted octanol–water partition coefficient (Wildman–Crippen LogP) is 5.28. The Morgan fingerprint density at radius 2 is 1.91 bits per heavy atom. The lowest BCUT2D eigenvalue weighted by Gasteiger charge is -2.28. The molecule has 1 amide bonds. The number of aliphatic hydroxyl groups is 2. The van der Waals surface area contributed by atoms with Gasteiger partial charge in [0.25, 0.3) is 5.91 Å². The second-order valence-corrected chi connectivity index (χ2v) is 15.7. The van der Waals surface area contributed by atoms with Crippen molar-refractivity contribution in [3.63, 3.8) is 0 Å². The number of benzene rings is 3. The van der Waals surface area contributed by atoms with Crippen molar-refractivity contribution in [2.24, 2.45) is 13.0 Å². The van der Waals surface area contributed by atoms with E-state index in [-0.39, 0.29) is 48.8 Å². The van der Waals surface area contributed by atoms with Crippen LogP contribution in [0, 0.1) is 5.92 Å². The van der Waals surface area contributed by atoms with Crippen molar-refractivity contribution < 1.29 is 38.3 Å². The number of para-hydroxylation sites is 1. The Labute approximate surface area is 322 Å². The first-order valence-corrected chi connectivity index (χ1v) is 19.2. The van der Waals surface area contributed by atoms with Crippen LogP contribution < -0.4 is 25.1 Å². The molecule has 5 N–H and O–H groups in total. The minimum Gasteiger partial charge on any atom is -0.495 e. The number of amides is 1. The molecule has 6 aromatic rings. The molecule has 2 unspecified atom stereocenters. The van der Waals surface area contributed by atoms with E-state index in [1.54, 1.807) is 27.2 Å². The molecule has 3 aromatic heterocycles. The van der Waals surface area contributed by atoms with Crippen molar-refractivity contribution in [1.82, 2.24) is 19.9 Å². The molecular formula is C43H43N6O7+. The highest BCUT2D eigenvalue weighted by molar-refractivity contribution is 6.10. The minimum absolute atomic E-state index is 0.172. The second-order valence-electron chi connectivity index (χ2n) is 15.7. The molecule has 3 aromatic carbocycles. The maximum absolute atomic E-state index is 14.3. The standard InChI is InChI=1S/C43H42N6O7/c1-7-42(52,8-2)40(51)45-27-17-21-12-14-28-26(16-21)43-25-11-9-10-23(33(25)48-41(43)55-28)22-13-15-29(53-6)35-31(22)24(19-49(35)5)30-18-44-38(54-30)34-36(43)56-39(47-34)32(20(3)4)46-37(27)50/h9-16,18-20,27,32,41,48,52H,7-8,17H2,1-6H3,(H,45,51)(H,46,50)/p+1/t27-,32-,41?,43?/m0/s1. The number of hydrogen-bond donors (Lipinski definition) is 5. The summed E-state index contributed by atoms with van der Waals surface area (Å²) in [4.78, 5) is 27.4. The molecule has 10 rings (SSSR count). The summed E-state index contributed by atoms with van der Waals surface area (Å²) in [5.74, 6) is 2.03. The number of ether oxygens (including phenoxy) is 2. The number of nitrogens with zero attached hydrogens (tertiary/aromatic N) is 3. The Balaban J connectivity index is 1.30. The highest BCUT2D eigenvalue weighted by Crippen LogP contribution is 2.61. The van der Waals surface area contributed by atoms with E-state index in [9.17, 15) is 15.0 Å². The van der Waals surface area contributed by atoms with E-state index in [0.29, 0.717) is 23.0 Å². The Kier molecular flexibility index (Phi) is 7.35. The number of nitrogens with one attached hydrogen (secondary N) is 3. The van der Waals surface area contributed by atoms with Gasteiger partial charge in [-0.3, -0.25) is 4.79 Å². The average molecular weight is 756 g/mol. The molecule has 0 saturated heterocycles. The number of aromatic nitrogens is 3. The number of rotatable bonds is 6. The molecular weight excluding hydrogens is 713 g/mol. The summed E-state index contributed by atoms with van der Waals surface area (Å²) in [5.41, 5.74) is 4.93. The maximum atomic E-state index is 14.3. The van der Waals surface area contributed by atoms with E-state index in [1.807, 2.05) is 55.9 Å². The highest BCUT2D eigenvalue weighted by atomic mass is 16.5. The molecule has 0 saturated carbocycles. The lowest BCUT2D eigenvalue weighted by Crippen LogP contribution is -2.86. The lowest BCUT2D eigenvalue weighted by atomic mass is 9.72. The van der Waals surface area contributed by atoms with Crippen molar-refractivity contribution in [3.8, 4) is 45.5 Å². The van der Waals surface area contributed by atoms with Gasteiger partial charge in [0.2, 0.25) is 17.8 Å². The third-order valence-electron chi connectivity index (χ3n) is 12.4. The van der Waals surface area contributed by atoms with Crippen LogP contribution in [0.15, 0.2) is 69.8 Å². The molecule has 10 bridgehead atoms. The van der Waals surface area contributed by atoms with Gasteiger partial charge in [-0.15, -0.1) is 0 Å². The van der Waals surface area contributed by atoms with Crippen molar-refractivity contribution in [3.05, 3.63) is 89.3 Å². The summed E-state index contributed by atoms with van der Waals surface area (Å²) in [6.07, 6.45) is 3.80. The molecule has 4 aliphatic rings. The SMILES string of the molecule is CCC(O)(CC)C(O)=[NH+][C@H]1Cc2ccc3c(c2)C24c5cccc(c5NC2O3)-c2ccc(OC)c3c2c(cn3C)-c2cnc(o2)-c2nc(oc24)[C@H](C(C)C)NC1=O. The number of carbonyl (C=O) groups excluding carboxylic acids is 1. The zero-order valence-electron chi connectivity index (χ0n) is 32.0. The fourth-order valence-electron chi connectivity index (χ4n) is 9.23. The number of carbonyl (C=O) groups is 1. The fraction of sp³-hybridized carbons (Fsp3) is 0.349. The maximum Gasteiger partial charge on any atom is 0.365 e. The number of oxazole rings is 2. The van der Waals surface area contributed by atoms with Crippen LogP contribution in [0.3, 0.4) is 0 Å². The van der Waals surface area contributed by atoms with Gasteiger partial charge in [-0.25, -0.2) is 9.97 Å². The molecule has 0 aliphatic carbocycles. The summed E-state index contributed by atoms with van der Waals surface area (Å²) in [7, 11) is 3.66. The van der Waals surface area contributed by atoms with Gasteiger partial charge >= 0.3 is 5.90 Å². The summed E-state index contributed by atoms with van der Waals surface area (Å²) >= 11 is 0. The number of methoxy groups -OCH3 is 1. The topological polar surface area (TPSA) is 171 Å². The zero-order chi connectivity index (χ0) is 38.8. The number of fused-ring (bicyclic) bond motifs is 7. The molecule has 4 aliphatic heterocycles. The highest BCUT2D eigenvalue weighted by Gasteiger charge is 2.62. The molecule has 13 nitrogen and oxygen atoms in total. The Bertz CT molecular complexity index is 2650. The van der Waals surface area contributed by atoms with Gasteiger partial charge in [0, 0.05) is 53.0 Å². The Morgan fingerprint density at radius 1 is 1.09 bits per heavy atom. The zero-order valence-corrected chi connectivity index (χ0v) is 32.0. The summed E-state index contributed by atoms with van der Waals surface area (Å²) in [6.45, 7) is 7.54. The van der Waals surface area contributed by atoms with Gasteiger partial charge in [-0.05, 0) is 48.1 Å². The quantitative estimate of drug-likeness (QED) is 0.111. The van der Waals surface area contributed by atoms with Crippen LogP contribution in [0.5, 0.6) is 11.5 Å². The smallest absolute Gasteiger partial charge is 0.365 e. The van der Waals surface area contributed by atoms with Crippen molar-refractivity contribution in [1.29, 1.82) is 0 Å². The van der Waals surface area contributed by atoms with Gasteiger partial charge in [-0.2, -0.15) is 4.99 Å². The van der Waals surface area contributed by atoms with E-state index in [4.69, 9.17) is 28.3 Å². The summed E-state index contributed by atoms with van der Waals surface area (Å²) in [5, 5.41) is 30.4. The van der Waals surface area contributed by atoms with Crippen LogP contribution in [0.25, 0.3) is 44.9 Å². The largest absolute Gasteiger partial charge is 0.495 e. The van der Waals surface area contributed by atoms with Crippen LogP contribution in [-0.4, -0.2) is 61.5 Å². The molecule has 7 heterocycles. The minimum atomic E-state index is -1.51. The van der Waals surface area contributed by atoms with E-state index in [2.05, 4.69) is 39.9 Å². The first-order valence-electron chi connectivity index (χ1n) is 19.2. The molecule has 0 radical (unpaired) electrons. The van der Waals surface area contributed by atoms with E-state index < -0.39 is 29.3 Å². The molecule has 4 atom stereocenters. The van der Waals surface area contributed by atoms with E-state index >= 15 is 0 Å². The number of aryl methyl sites for hydroxylation is 1. The van der Waals surface area contributed by atoms with E-state index in [0.717, 1.165) is 55.7 Å². The van der Waals surface area contributed by atoms with Crippen LogP contribution >= 0.6 is 0 Å². The van der Waals surface area contributed by atoms with Gasteiger partial charge in [0.15, 0.2) is 29.0 Å². The number of hydrogen-bond acceptors (Lipinski definition) is 9. The fourth-order valence-corrected chi connectivity index (χ4v) is 9.23. The Hall–Kier alpha value is -6.08. The van der Waals surface area contributed by atoms with Crippen molar-refractivity contribution in [2.45, 2.75) is 76.3 Å². The average Bonchev–Trinajstić information content (AvgIpc) is 4.02. The van der Waals surface area contributed by atoms with Gasteiger partial charge in [-0.1, -0.05) is 58.0 Å².